The van der Waals surface area contributed by atoms with E-state index in [4.69, 9.17) is 4.74 Å². The van der Waals surface area contributed by atoms with Crippen LogP contribution in [-0.2, 0) is 9.53 Å². The number of rotatable bonds is 6. The molecule has 1 heterocycles. The maximum absolute atomic E-state index is 12.1. The maximum atomic E-state index is 12.1. The zero-order valence-corrected chi connectivity index (χ0v) is 11.4. The fourth-order valence-electron chi connectivity index (χ4n) is 2.49. The SMILES string of the molecule is COC(C(=O)NCCC1CCCN1)c1ccccc1. The molecule has 1 amide bonds. The van der Waals surface area contributed by atoms with Crippen molar-refractivity contribution in [1.29, 1.82) is 0 Å². The number of methoxy groups -OCH3 is 1. The second-order valence-corrected chi connectivity index (χ2v) is 4.90. The van der Waals surface area contributed by atoms with Crippen molar-refractivity contribution >= 4 is 5.91 Å². The third-order valence-corrected chi connectivity index (χ3v) is 3.53. The first-order chi connectivity index (χ1) is 9.31. The molecule has 19 heavy (non-hydrogen) atoms. The molecule has 1 fully saturated rings. The molecule has 0 aliphatic carbocycles. The Bertz CT molecular complexity index is 388. The Balaban J connectivity index is 1.80. The van der Waals surface area contributed by atoms with E-state index in [0.29, 0.717) is 12.6 Å². The molecule has 1 aromatic rings. The summed E-state index contributed by atoms with van der Waals surface area (Å²) in [6.45, 7) is 1.80. The van der Waals surface area contributed by atoms with Crippen molar-refractivity contribution in [1.82, 2.24) is 10.6 Å². The van der Waals surface area contributed by atoms with Crippen molar-refractivity contribution in [3.8, 4) is 0 Å². The van der Waals surface area contributed by atoms with Crippen LogP contribution >= 0.6 is 0 Å². The number of amides is 1. The molecule has 0 saturated carbocycles. The number of carbonyl (C=O) groups is 1. The normalized spacial score (nSPS) is 20.2. The minimum Gasteiger partial charge on any atom is -0.367 e. The topological polar surface area (TPSA) is 50.4 Å². The molecule has 1 saturated heterocycles. The second-order valence-electron chi connectivity index (χ2n) is 4.90. The van der Waals surface area contributed by atoms with Crippen LogP contribution in [0, 0.1) is 0 Å². The van der Waals surface area contributed by atoms with E-state index < -0.39 is 6.10 Å². The number of ether oxygens (including phenoxy) is 1. The van der Waals surface area contributed by atoms with Gasteiger partial charge in [0.15, 0.2) is 6.10 Å². The summed E-state index contributed by atoms with van der Waals surface area (Å²) in [6, 6.07) is 10.1. The summed E-state index contributed by atoms with van der Waals surface area (Å²) in [5.41, 5.74) is 0.890. The van der Waals surface area contributed by atoms with Gasteiger partial charge in [-0.15, -0.1) is 0 Å². The molecular weight excluding hydrogens is 240 g/mol. The third-order valence-electron chi connectivity index (χ3n) is 3.53. The van der Waals surface area contributed by atoms with Gasteiger partial charge in [0.2, 0.25) is 0 Å². The average molecular weight is 262 g/mol. The van der Waals surface area contributed by atoms with Gasteiger partial charge < -0.3 is 15.4 Å². The minimum absolute atomic E-state index is 0.0632. The third kappa shape index (κ3) is 4.04. The summed E-state index contributed by atoms with van der Waals surface area (Å²) in [5.74, 6) is -0.0632. The Labute approximate surface area is 114 Å². The van der Waals surface area contributed by atoms with Crippen LogP contribution in [-0.4, -0.2) is 32.1 Å². The van der Waals surface area contributed by atoms with Crippen LogP contribution in [0.25, 0.3) is 0 Å². The van der Waals surface area contributed by atoms with E-state index in [9.17, 15) is 4.79 Å². The molecule has 104 valence electrons. The summed E-state index contributed by atoms with van der Waals surface area (Å²) in [5, 5.41) is 6.38. The first-order valence-electron chi connectivity index (χ1n) is 6.90. The number of hydrogen-bond acceptors (Lipinski definition) is 3. The molecule has 2 rings (SSSR count). The zero-order valence-electron chi connectivity index (χ0n) is 11.4. The van der Waals surface area contributed by atoms with Gasteiger partial charge in [-0.05, 0) is 31.4 Å². The lowest BCUT2D eigenvalue weighted by Crippen LogP contribution is -2.34. The molecule has 0 radical (unpaired) electrons. The minimum atomic E-state index is -0.516. The highest BCUT2D eigenvalue weighted by molar-refractivity contribution is 5.82. The zero-order chi connectivity index (χ0) is 13.5. The average Bonchev–Trinajstić information content (AvgIpc) is 2.94. The molecule has 2 N–H and O–H groups in total. The van der Waals surface area contributed by atoms with Gasteiger partial charge in [-0.1, -0.05) is 30.3 Å². The van der Waals surface area contributed by atoms with Crippen molar-refractivity contribution in [2.24, 2.45) is 0 Å². The Hall–Kier alpha value is -1.39. The van der Waals surface area contributed by atoms with Crippen LogP contribution in [0.3, 0.4) is 0 Å². The van der Waals surface area contributed by atoms with E-state index >= 15 is 0 Å². The predicted molar refractivity (Wildman–Crippen MR) is 74.8 cm³/mol. The van der Waals surface area contributed by atoms with Crippen molar-refractivity contribution in [2.75, 3.05) is 20.2 Å². The molecule has 0 spiro atoms. The first-order valence-corrected chi connectivity index (χ1v) is 6.90. The van der Waals surface area contributed by atoms with Gasteiger partial charge in [0.05, 0.1) is 0 Å². The molecule has 2 unspecified atom stereocenters. The van der Waals surface area contributed by atoms with Gasteiger partial charge in [-0.3, -0.25) is 4.79 Å². The predicted octanol–water partition coefficient (Wildman–Crippen LogP) is 1.63. The second kappa shape index (κ2) is 7.26. The number of nitrogens with one attached hydrogen (secondary N) is 2. The lowest BCUT2D eigenvalue weighted by Gasteiger charge is -2.16. The fraction of sp³-hybridized carbons (Fsp3) is 0.533. The van der Waals surface area contributed by atoms with Crippen molar-refractivity contribution in [3.05, 3.63) is 35.9 Å². The Morgan fingerprint density at radius 3 is 2.89 bits per heavy atom. The van der Waals surface area contributed by atoms with E-state index in [0.717, 1.165) is 18.5 Å². The number of hydrogen-bond donors (Lipinski definition) is 2. The van der Waals surface area contributed by atoms with Crippen LogP contribution < -0.4 is 10.6 Å². The highest BCUT2D eigenvalue weighted by Gasteiger charge is 2.20. The molecule has 4 heteroatoms. The van der Waals surface area contributed by atoms with Crippen LogP contribution in [0.15, 0.2) is 30.3 Å². The van der Waals surface area contributed by atoms with E-state index in [1.54, 1.807) is 7.11 Å². The maximum Gasteiger partial charge on any atom is 0.253 e. The highest BCUT2D eigenvalue weighted by Crippen LogP contribution is 2.16. The van der Waals surface area contributed by atoms with Gasteiger partial charge in [0, 0.05) is 19.7 Å². The number of benzene rings is 1. The Morgan fingerprint density at radius 2 is 2.26 bits per heavy atom. The molecule has 0 aromatic heterocycles. The largest absolute Gasteiger partial charge is 0.367 e. The number of carbonyl (C=O) groups excluding carboxylic acids is 1. The smallest absolute Gasteiger partial charge is 0.253 e. The van der Waals surface area contributed by atoms with Gasteiger partial charge in [0.25, 0.3) is 5.91 Å². The molecule has 1 aliphatic rings. The van der Waals surface area contributed by atoms with Gasteiger partial charge in [0.1, 0.15) is 0 Å². The lowest BCUT2D eigenvalue weighted by atomic mass is 10.1. The van der Waals surface area contributed by atoms with Crippen molar-refractivity contribution in [3.63, 3.8) is 0 Å². The summed E-state index contributed by atoms with van der Waals surface area (Å²) in [6.07, 6.45) is 2.92. The molecule has 4 nitrogen and oxygen atoms in total. The van der Waals surface area contributed by atoms with Crippen LogP contribution in [0.2, 0.25) is 0 Å². The molecule has 2 atom stereocenters. The van der Waals surface area contributed by atoms with E-state index in [1.165, 1.54) is 12.8 Å². The monoisotopic (exact) mass is 262 g/mol. The highest BCUT2D eigenvalue weighted by atomic mass is 16.5. The fourth-order valence-corrected chi connectivity index (χ4v) is 2.49. The Morgan fingerprint density at radius 1 is 1.47 bits per heavy atom. The molecular formula is C15H22N2O2. The van der Waals surface area contributed by atoms with Crippen molar-refractivity contribution < 1.29 is 9.53 Å². The first kappa shape index (κ1) is 14.0. The van der Waals surface area contributed by atoms with Crippen LogP contribution in [0.1, 0.15) is 30.9 Å². The van der Waals surface area contributed by atoms with E-state index in [2.05, 4.69) is 10.6 Å². The summed E-state index contributed by atoms with van der Waals surface area (Å²) >= 11 is 0. The Kier molecular flexibility index (Phi) is 5.36. The molecule has 0 bridgehead atoms. The van der Waals surface area contributed by atoms with Gasteiger partial charge in [-0.25, -0.2) is 0 Å². The summed E-state index contributed by atoms with van der Waals surface area (Å²) in [7, 11) is 1.57. The van der Waals surface area contributed by atoms with Crippen LogP contribution in [0.5, 0.6) is 0 Å². The lowest BCUT2D eigenvalue weighted by molar-refractivity contribution is -0.131. The van der Waals surface area contributed by atoms with Crippen molar-refractivity contribution in [2.45, 2.75) is 31.4 Å². The van der Waals surface area contributed by atoms with Crippen LogP contribution in [0.4, 0.5) is 0 Å². The quantitative estimate of drug-likeness (QED) is 0.819. The summed E-state index contributed by atoms with van der Waals surface area (Å²) in [4.78, 5) is 12.1. The van der Waals surface area contributed by atoms with E-state index in [1.807, 2.05) is 30.3 Å². The molecule has 1 aromatic carbocycles. The van der Waals surface area contributed by atoms with E-state index in [-0.39, 0.29) is 5.91 Å². The molecule has 1 aliphatic heterocycles. The van der Waals surface area contributed by atoms with Gasteiger partial charge in [-0.2, -0.15) is 0 Å². The van der Waals surface area contributed by atoms with Gasteiger partial charge >= 0.3 is 0 Å². The summed E-state index contributed by atoms with van der Waals surface area (Å²) < 4.78 is 5.29. The standard InChI is InChI=1S/C15H22N2O2/c1-19-14(12-6-3-2-4-7-12)15(18)17-11-9-13-8-5-10-16-13/h2-4,6-7,13-14,16H,5,8-11H2,1H3,(H,17,18).